The number of methoxy groups -OCH3 is 1. The molecule has 0 saturated heterocycles. The summed E-state index contributed by atoms with van der Waals surface area (Å²) in [7, 11) is 1.75. The van der Waals surface area contributed by atoms with Gasteiger partial charge in [-0.2, -0.15) is 0 Å². The zero-order valence-corrected chi connectivity index (χ0v) is 15.6. The van der Waals surface area contributed by atoms with Crippen LogP contribution in [-0.4, -0.2) is 7.11 Å². The van der Waals surface area contributed by atoms with Crippen molar-refractivity contribution in [2.45, 2.75) is 58.8 Å². The van der Waals surface area contributed by atoms with Gasteiger partial charge >= 0.3 is 0 Å². The molecule has 0 radical (unpaired) electrons. The first-order chi connectivity index (χ1) is 10.1. The number of halogens is 1. The topological polar surface area (TPSA) is 9.23 Å². The summed E-state index contributed by atoms with van der Waals surface area (Å²) in [6.45, 7) is 13.2. The van der Waals surface area contributed by atoms with Crippen LogP contribution in [0.25, 0.3) is 0 Å². The number of hydrogen-bond donors (Lipinski definition) is 0. The minimum Gasteiger partial charge on any atom is -0.496 e. The Balaban J connectivity index is 2.67. The molecule has 0 amide bonds. The molecule has 1 aliphatic carbocycles. The van der Waals surface area contributed by atoms with Crippen molar-refractivity contribution >= 4 is 11.6 Å². The van der Waals surface area contributed by atoms with Gasteiger partial charge in [0.15, 0.2) is 0 Å². The van der Waals surface area contributed by atoms with E-state index in [0.29, 0.717) is 0 Å². The van der Waals surface area contributed by atoms with Gasteiger partial charge in [-0.15, -0.1) is 0 Å². The van der Waals surface area contributed by atoms with E-state index in [0.717, 1.165) is 28.3 Å². The number of ether oxygens (including phenoxy) is 1. The molecular weight excluding hydrogens is 292 g/mol. The van der Waals surface area contributed by atoms with Gasteiger partial charge in [-0.25, -0.2) is 0 Å². The molecular formula is C20H27ClO. The van der Waals surface area contributed by atoms with Crippen LogP contribution >= 0.6 is 11.6 Å². The van der Waals surface area contributed by atoms with Crippen LogP contribution in [0.2, 0.25) is 5.02 Å². The lowest BCUT2D eigenvalue weighted by atomic mass is 9.74. The van der Waals surface area contributed by atoms with E-state index in [1.807, 2.05) is 6.07 Å². The van der Waals surface area contributed by atoms with Crippen molar-refractivity contribution in [1.82, 2.24) is 0 Å². The first kappa shape index (κ1) is 17.1. The van der Waals surface area contributed by atoms with E-state index in [1.165, 1.54) is 11.1 Å². The van der Waals surface area contributed by atoms with E-state index < -0.39 is 0 Å². The van der Waals surface area contributed by atoms with Gasteiger partial charge in [0, 0.05) is 21.6 Å². The predicted molar refractivity (Wildman–Crippen MR) is 96.2 cm³/mol. The molecule has 0 N–H and O–H groups in total. The molecule has 1 nitrogen and oxygen atoms in total. The molecule has 2 rings (SSSR count). The van der Waals surface area contributed by atoms with Crippen LogP contribution in [0.3, 0.4) is 0 Å². The number of benzene rings is 1. The maximum Gasteiger partial charge on any atom is 0.126 e. The van der Waals surface area contributed by atoms with Crippen molar-refractivity contribution in [2.24, 2.45) is 0 Å². The summed E-state index contributed by atoms with van der Waals surface area (Å²) in [5.41, 5.74) is 4.91. The Morgan fingerprint density at radius 3 is 2.09 bits per heavy atom. The van der Waals surface area contributed by atoms with Crippen LogP contribution in [-0.2, 0) is 10.8 Å². The highest BCUT2D eigenvalue weighted by Crippen LogP contribution is 2.45. The molecule has 0 fully saturated rings. The van der Waals surface area contributed by atoms with Gasteiger partial charge in [-0.3, -0.25) is 0 Å². The zero-order chi connectivity index (χ0) is 16.7. The molecule has 0 atom stereocenters. The van der Waals surface area contributed by atoms with Crippen molar-refractivity contribution in [3.63, 3.8) is 0 Å². The second-order valence-corrected chi connectivity index (χ2v) is 8.20. The zero-order valence-electron chi connectivity index (χ0n) is 14.8. The van der Waals surface area contributed by atoms with Gasteiger partial charge in [0.2, 0.25) is 0 Å². The third-order valence-corrected chi connectivity index (χ3v) is 4.72. The van der Waals surface area contributed by atoms with Crippen molar-refractivity contribution in [2.75, 3.05) is 7.11 Å². The molecule has 1 aromatic carbocycles. The van der Waals surface area contributed by atoms with Crippen molar-refractivity contribution in [3.8, 4) is 5.75 Å². The molecule has 0 heterocycles. The van der Waals surface area contributed by atoms with Crippen molar-refractivity contribution in [1.29, 1.82) is 0 Å². The van der Waals surface area contributed by atoms with Crippen LogP contribution in [0, 0.1) is 0 Å². The van der Waals surface area contributed by atoms with Crippen molar-refractivity contribution < 1.29 is 4.74 Å². The highest BCUT2D eigenvalue weighted by Gasteiger charge is 2.32. The predicted octanol–water partition coefficient (Wildman–Crippen LogP) is 6.20. The minimum atomic E-state index is -0.131. The van der Waals surface area contributed by atoms with Gasteiger partial charge in [-0.05, 0) is 36.5 Å². The molecule has 0 bridgehead atoms. The summed E-state index contributed by atoms with van der Waals surface area (Å²) in [5.74, 6) is 0.959. The van der Waals surface area contributed by atoms with E-state index >= 15 is 0 Å². The van der Waals surface area contributed by atoms with Crippen LogP contribution in [0.4, 0.5) is 0 Å². The SMILES string of the molecule is COc1c(C(C)(C)C)cc(Cl)cc1C(C)(C)C1=CCC(C)=C1. The number of allylic oxidation sites excluding steroid dienone is 4. The van der Waals surface area contributed by atoms with Gasteiger partial charge < -0.3 is 4.74 Å². The fourth-order valence-corrected chi connectivity index (χ4v) is 3.30. The normalized spacial score (nSPS) is 15.6. The molecule has 1 aromatic rings. The molecule has 0 spiro atoms. The lowest BCUT2D eigenvalue weighted by molar-refractivity contribution is 0.384. The average molecular weight is 319 g/mol. The summed E-state index contributed by atoms with van der Waals surface area (Å²) in [4.78, 5) is 0. The van der Waals surface area contributed by atoms with Crippen LogP contribution in [0.5, 0.6) is 5.75 Å². The fourth-order valence-electron chi connectivity index (χ4n) is 3.08. The Labute approximate surface area is 140 Å². The third kappa shape index (κ3) is 3.10. The summed E-state index contributed by atoms with van der Waals surface area (Å²) < 4.78 is 5.82. The molecule has 0 aliphatic heterocycles. The molecule has 0 unspecified atom stereocenters. The number of hydrogen-bond acceptors (Lipinski definition) is 1. The lowest BCUT2D eigenvalue weighted by Crippen LogP contribution is -2.23. The quantitative estimate of drug-likeness (QED) is 0.644. The highest BCUT2D eigenvalue weighted by molar-refractivity contribution is 6.30. The molecule has 0 aromatic heterocycles. The van der Waals surface area contributed by atoms with E-state index in [1.54, 1.807) is 7.11 Å². The Morgan fingerprint density at radius 1 is 1.05 bits per heavy atom. The van der Waals surface area contributed by atoms with Gasteiger partial charge in [0.25, 0.3) is 0 Å². The average Bonchev–Trinajstić information content (AvgIpc) is 2.84. The second-order valence-electron chi connectivity index (χ2n) is 7.76. The summed E-state index contributed by atoms with van der Waals surface area (Å²) in [6, 6.07) is 4.09. The Bertz CT molecular complexity index is 642. The smallest absolute Gasteiger partial charge is 0.126 e. The first-order valence-electron chi connectivity index (χ1n) is 7.83. The number of rotatable bonds is 3. The van der Waals surface area contributed by atoms with E-state index in [2.05, 4.69) is 59.8 Å². The van der Waals surface area contributed by atoms with Crippen LogP contribution < -0.4 is 4.74 Å². The van der Waals surface area contributed by atoms with Gasteiger partial charge in [-0.1, -0.05) is 63.9 Å². The van der Waals surface area contributed by atoms with E-state index in [4.69, 9.17) is 16.3 Å². The molecule has 22 heavy (non-hydrogen) atoms. The summed E-state index contributed by atoms with van der Waals surface area (Å²) >= 11 is 6.44. The Morgan fingerprint density at radius 2 is 1.64 bits per heavy atom. The molecule has 120 valence electrons. The Kier molecular flexibility index (Phi) is 4.50. The van der Waals surface area contributed by atoms with Crippen LogP contribution in [0.15, 0.2) is 35.4 Å². The van der Waals surface area contributed by atoms with Gasteiger partial charge in [0.05, 0.1) is 7.11 Å². The lowest BCUT2D eigenvalue weighted by Gasteiger charge is -2.32. The second kappa shape index (κ2) is 5.77. The maximum atomic E-state index is 6.44. The van der Waals surface area contributed by atoms with E-state index in [9.17, 15) is 0 Å². The highest BCUT2D eigenvalue weighted by atomic mass is 35.5. The fraction of sp³-hybridized carbons (Fsp3) is 0.500. The standard InChI is InChI=1S/C20H27ClO/c1-13-8-9-14(10-13)20(5,6)17-12-15(21)11-16(18(17)22-7)19(2,3)4/h9-12H,8H2,1-7H3. The van der Waals surface area contributed by atoms with Crippen molar-refractivity contribution in [3.05, 3.63) is 51.6 Å². The Hall–Kier alpha value is -1.21. The summed E-state index contributed by atoms with van der Waals surface area (Å²) in [6.07, 6.45) is 5.64. The minimum absolute atomic E-state index is 0.0170. The van der Waals surface area contributed by atoms with Gasteiger partial charge in [0.1, 0.15) is 5.75 Å². The molecule has 1 aliphatic rings. The van der Waals surface area contributed by atoms with E-state index in [-0.39, 0.29) is 10.8 Å². The maximum absolute atomic E-state index is 6.44. The summed E-state index contributed by atoms with van der Waals surface area (Å²) in [5, 5.41) is 0.771. The molecule has 2 heteroatoms. The van der Waals surface area contributed by atoms with Crippen LogP contribution in [0.1, 0.15) is 59.1 Å². The monoisotopic (exact) mass is 318 g/mol. The first-order valence-corrected chi connectivity index (χ1v) is 8.21. The third-order valence-electron chi connectivity index (χ3n) is 4.51. The molecule has 0 saturated carbocycles. The largest absolute Gasteiger partial charge is 0.496 e.